The van der Waals surface area contributed by atoms with Gasteiger partial charge in [-0.1, -0.05) is 46.9 Å². The molecule has 2 aliphatic heterocycles. The van der Waals surface area contributed by atoms with Crippen molar-refractivity contribution < 1.29 is 28.5 Å². The Morgan fingerprint density at radius 1 is 1.14 bits per heavy atom. The predicted octanol–water partition coefficient (Wildman–Crippen LogP) is 4.43. The van der Waals surface area contributed by atoms with E-state index >= 15 is 0 Å². The van der Waals surface area contributed by atoms with Gasteiger partial charge in [-0.25, -0.2) is 4.79 Å². The topological polar surface area (TPSA) is 63.2 Å². The van der Waals surface area contributed by atoms with E-state index in [9.17, 15) is 4.79 Å². The summed E-state index contributed by atoms with van der Waals surface area (Å²) in [5.41, 5.74) is 1.12. The first-order chi connectivity index (χ1) is 13.7. The Morgan fingerprint density at radius 2 is 1.93 bits per heavy atom. The number of cyclic esters (lactones) is 2. The van der Waals surface area contributed by atoms with Crippen LogP contribution >= 0.6 is 22.6 Å². The molecule has 7 heteroatoms. The molecule has 2 heterocycles. The van der Waals surface area contributed by atoms with Gasteiger partial charge in [0, 0.05) is 23.9 Å². The van der Waals surface area contributed by atoms with Crippen LogP contribution in [0.1, 0.15) is 31.2 Å². The van der Waals surface area contributed by atoms with E-state index in [2.05, 4.69) is 34.7 Å². The van der Waals surface area contributed by atoms with Crippen molar-refractivity contribution in [3.8, 4) is 5.75 Å². The van der Waals surface area contributed by atoms with E-state index in [1.54, 1.807) is 7.11 Å². The smallest absolute Gasteiger partial charge is 0.497 e. The molecule has 0 radical (unpaired) electrons. The number of hydrogen-bond donors (Lipinski definition) is 0. The third kappa shape index (κ3) is 6.63. The highest BCUT2D eigenvalue weighted by Crippen LogP contribution is 2.25. The van der Waals surface area contributed by atoms with E-state index in [0.29, 0.717) is 19.6 Å². The highest BCUT2D eigenvalue weighted by Gasteiger charge is 2.32. The molecule has 0 bridgehead atoms. The minimum Gasteiger partial charge on any atom is -0.497 e. The van der Waals surface area contributed by atoms with Crippen LogP contribution in [0.5, 0.6) is 5.75 Å². The molecular formula is C21H27IO6. The van der Waals surface area contributed by atoms with Crippen LogP contribution in [0.4, 0.5) is 4.79 Å². The molecule has 0 amide bonds. The molecule has 0 N–H and O–H groups in total. The summed E-state index contributed by atoms with van der Waals surface area (Å²) in [6.07, 6.45) is 6.63. The largest absolute Gasteiger partial charge is 0.508 e. The Morgan fingerprint density at radius 3 is 2.68 bits per heavy atom. The van der Waals surface area contributed by atoms with Crippen molar-refractivity contribution in [2.24, 2.45) is 0 Å². The molecule has 0 aromatic heterocycles. The maximum absolute atomic E-state index is 11.5. The fourth-order valence-corrected chi connectivity index (χ4v) is 3.90. The van der Waals surface area contributed by atoms with Crippen molar-refractivity contribution in [1.82, 2.24) is 0 Å². The quantitative estimate of drug-likeness (QED) is 0.164. The number of carbonyl (C=O) groups excluding carboxylic acids is 1. The van der Waals surface area contributed by atoms with Gasteiger partial charge in [-0.15, -0.1) is 0 Å². The maximum atomic E-state index is 11.5. The van der Waals surface area contributed by atoms with Crippen molar-refractivity contribution >= 4 is 28.7 Å². The average molecular weight is 502 g/mol. The van der Waals surface area contributed by atoms with Crippen LogP contribution in [0.25, 0.3) is 0 Å². The van der Waals surface area contributed by atoms with Gasteiger partial charge >= 0.3 is 6.16 Å². The van der Waals surface area contributed by atoms with Gasteiger partial charge in [-0.2, -0.15) is 0 Å². The van der Waals surface area contributed by atoms with E-state index in [4.69, 9.17) is 23.7 Å². The molecule has 154 valence electrons. The number of halogens is 1. The first kappa shape index (κ1) is 21.4. The summed E-state index contributed by atoms with van der Waals surface area (Å²) >= 11 is 2.23. The fraction of sp³-hybridized carbons (Fsp3) is 0.571. The maximum Gasteiger partial charge on any atom is 0.508 e. The van der Waals surface area contributed by atoms with Crippen LogP contribution in [0.15, 0.2) is 36.4 Å². The van der Waals surface area contributed by atoms with Crippen molar-refractivity contribution in [3.05, 3.63) is 42.0 Å². The second kappa shape index (κ2) is 11.0. The second-order valence-corrected chi connectivity index (χ2v) is 7.89. The lowest BCUT2D eigenvalue weighted by molar-refractivity contribution is -0.0795. The summed E-state index contributed by atoms with van der Waals surface area (Å²) in [7, 11) is 1.66. The molecule has 1 fully saturated rings. The zero-order chi connectivity index (χ0) is 19.8. The van der Waals surface area contributed by atoms with E-state index in [0.717, 1.165) is 35.0 Å². The van der Waals surface area contributed by atoms with Gasteiger partial charge in [0.2, 0.25) is 0 Å². The molecule has 6 nitrogen and oxygen atoms in total. The number of carbonyl (C=O) groups is 1. The van der Waals surface area contributed by atoms with Crippen LogP contribution in [0.3, 0.4) is 0 Å². The Bertz CT molecular complexity index is 647. The fourth-order valence-electron chi connectivity index (χ4n) is 3.36. The highest BCUT2D eigenvalue weighted by atomic mass is 127. The molecule has 1 saturated heterocycles. The summed E-state index contributed by atoms with van der Waals surface area (Å²) in [4.78, 5) is 11.5. The number of ether oxygens (including phenoxy) is 5. The number of rotatable bonds is 9. The lowest BCUT2D eigenvalue weighted by Gasteiger charge is -2.32. The summed E-state index contributed by atoms with van der Waals surface area (Å²) < 4.78 is 28.3. The standard InChI is InChI=1S/C21H27IO6/c1-24-16-7-5-15(6-8-16)14-25-10-9-17-3-2-4-18(26-17)11-19-12-20(13-22)28-21(23)27-19/h2,4-8,17-20H,3,9-14H2,1H3/t17-,18-,19-,20-/m0/s1. The SMILES string of the molecule is COc1ccc(COCC[C@@H]2CC=C[C@@H](C[C@H]3C[C@@H](CI)OC(=O)O3)O2)cc1. The first-order valence-corrected chi connectivity index (χ1v) is 11.1. The van der Waals surface area contributed by atoms with Crippen LogP contribution in [0.2, 0.25) is 0 Å². The van der Waals surface area contributed by atoms with Gasteiger partial charge in [0.25, 0.3) is 0 Å². The Labute approximate surface area is 179 Å². The van der Waals surface area contributed by atoms with Gasteiger partial charge in [0.05, 0.1) is 25.9 Å². The summed E-state index contributed by atoms with van der Waals surface area (Å²) in [5, 5.41) is 0. The molecule has 28 heavy (non-hydrogen) atoms. The normalized spacial score (nSPS) is 27.1. The molecule has 3 rings (SSSR count). The van der Waals surface area contributed by atoms with E-state index < -0.39 is 6.16 Å². The predicted molar refractivity (Wildman–Crippen MR) is 113 cm³/mol. The lowest BCUT2D eigenvalue weighted by Crippen LogP contribution is -2.38. The monoisotopic (exact) mass is 502 g/mol. The van der Waals surface area contributed by atoms with Crippen molar-refractivity contribution in [3.63, 3.8) is 0 Å². The minimum atomic E-state index is -0.568. The summed E-state index contributed by atoms with van der Waals surface area (Å²) in [6.45, 7) is 1.21. The average Bonchev–Trinajstić information content (AvgIpc) is 2.71. The van der Waals surface area contributed by atoms with Crippen molar-refractivity contribution in [1.29, 1.82) is 0 Å². The van der Waals surface area contributed by atoms with Crippen LogP contribution in [-0.4, -0.2) is 48.7 Å². The lowest BCUT2D eigenvalue weighted by atomic mass is 10.0. The number of methoxy groups -OCH3 is 1. The van der Waals surface area contributed by atoms with Crippen molar-refractivity contribution in [2.45, 2.75) is 56.7 Å². The summed E-state index contributed by atoms with van der Waals surface area (Å²) in [5.74, 6) is 0.845. The number of benzene rings is 1. The molecule has 1 aromatic rings. The van der Waals surface area contributed by atoms with Crippen LogP contribution < -0.4 is 4.74 Å². The Hall–Kier alpha value is -1.32. The van der Waals surface area contributed by atoms with Gasteiger partial charge in [0.1, 0.15) is 18.0 Å². The van der Waals surface area contributed by atoms with E-state index in [-0.39, 0.29) is 24.4 Å². The van der Waals surface area contributed by atoms with Crippen LogP contribution in [-0.2, 0) is 25.6 Å². The van der Waals surface area contributed by atoms with Crippen LogP contribution in [0, 0.1) is 0 Å². The molecule has 0 saturated carbocycles. The molecule has 1 aromatic carbocycles. The molecule has 0 aliphatic carbocycles. The molecule has 0 spiro atoms. The summed E-state index contributed by atoms with van der Waals surface area (Å²) in [6, 6.07) is 7.88. The molecule has 4 atom stereocenters. The Kier molecular flexibility index (Phi) is 8.42. The molecule has 0 unspecified atom stereocenters. The zero-order valence-corrected chi connectivity index (χ0v) is 18.2. The third-order valence-corrected chi connectivity index (χ3v) is 5.83. The third-order valence-electron chi connectivity index (χ3n) is 4.85. The highest BCUT2D eigenvalue weighted by molar-refractivity contribution is 14.1. The van der Waals surface area contributed by atoms with Gasteiger partial charge in [0.15, 0.2) is 0 Å². The zero-order valence-electron chi connectivity index (χ0n) is 16.1. The minimum absolute atomic E-state index is 0.0360. The van der Waals surface area contributed by atoms with Crippen molar-refractivity contribution in [2.75, 3.05) is 18.1 Å². The van der Waals surface area contributed by atoms with Gasteiger partial charge in [-0.05, 0) is 30.5 Å². The van der Waals surface area contributed by atoms with E-state index in [1.165, 1.54) is 0 Å². The van der Waals surface area contributed by atoms with Gasteiger partial charge < -0.3 is 23.7 Å². The molecular weight excluding hydrogens is 475 g/mol. The second-order valence-electron chi connectivity index (χ2n) is 7.01. The van der Waals surface area contributed by atoms with E-state index in [1.807, 2.05) is 24.3 Å². The number of hydrogen-bond acceptors (Lipinski definition) is 6. The molecule has 2 aliphatic rings. The Balaban J connectivity index is 1.37. The van der Waals surface area contributed by atoms with Gasteiger partial charge in [-0.3, -0.25) is 0 Å². The number of alkyl halides is 1. The first-order valence-electron chi connectivity index (χ1n) is 9.62.